The molecule has 1 atom stereocenters. The molecule has 2 aromatic rings. The topological polar surface area (TPSA) is 82.5 Å². The second-order valence-electron chi connectivity index (χ2n) is 8.98. The number of aromatic nitrogens is 1. The second kappa shape index (κ2) is 7.69. The van der Waals surface area contributed by atoms with Crippen LogP contribution in [0.4, 0.5) is 0 Å². The fourth-order valence-electron chi connectivity index (χ4n) is 3.04. The van der Waals surface area contributed by atoms with E-state index in [4.69, 9.17) is 0 Å². The van der Waals surface area contributed by atoms with E-state index in [2.05, 4.69) is 10.3 Å². The van der Waals surface area contributed by atoms with Crippen LogP contribution in [0.5, 0.6) is 5.75 Å². The highest BCUT2D eigenvalue weighted by atomic mass is 16.4. The predicted octanol–water partition coefficient (Wildman–Crippen LogP) is 4.30. The van der Waals surface area contributed by atoms with Crippen LogP contribution in [0.3, 0.4) is 0 Å². The number of hydrogen-bond acceptors (Lipinski definition) is 4. The molecule has 27 heavy (non-hydrogen) atoms. The average Bonchev–Trinajstić information content (AvgIpc) is 2.54. The Bertz CT molecular complexity index is 768. The Morgan fingerprint density at radius 2 is 1.67 bits per heavy atom. The highest BCUT2D eigenvalue weighted by Gasteiger charge is 2.29. The van der Waals surface area contributed by atoms with E-state index < -0.39 is 12.0 Å². The summed E-state index contributed by atoms with van der Waals surface area (Å²) in [6.45, 7) is 12.5. The molecule has 0 aliphatic rings. The first-order chi connectivity index (χ1) is 12.4. The van der Waals surface area contributed by atoms with Crippen molar-refractivity contribution >= 4 is 5.97 Å². The lowest BCUT2D eigenvalue weighted by Gasteiger charge is -2.29. The Balaban J connectivity index is 2.50. The summed E-state index contributed by atoms with van der Waals surface area (Å²) in [4.78, 5) is 16.1. The number of aliphatic carboxylic acids is 1. The van der Waals surface area contributed by atoms with E-state index >= 15 is 0 Å². The lowest BCUT2D eigenvalue weighted by molar-refractivity contribution is -0.139. The van der Waals surface area contributed by atoms with Crippen molar-refractivity contribution in [3.05, 3.63) is 58.9 Å². The molecular weight excluding hydrogens is 340 g/mol. The molecule has 0 aliphatic heterocycles. The Morgan fingerprint density at radius 1 is 1.11 bits per heavy atom. The van der Waals surface area contributed by atoms with Gasteiger partial charge in [-0.1, -0.05) is 47.6 Å². The number of aromatic hydroxyl groups is 1. The summed E-state index contributed by atoms with van der Waals surface area (Å²) >= 11 is 0. The van der Waals surface area contributed by atoms with Gasteiger partial charge in [0.2, 0.25) is 0 Å². The zero-order valence-corrected chi connectivity index (χ0v) is 17.0. The van der Waals surface area contributed by atoms with Crippen molar-refractivity contribution in [2.45, 2.75) is 65.0 Å². The summed E-state index contributed by atoms with van der Waals surface area (Å²) < 4.78 is 0. The number of hydrogen-bond donors (Lipinski definition) is 3. The quantitative estimate of drug-likeness (QED) is 0.731. The van der Waals surface area contributed by atoms with Gasteiger partial charge in [-0.15, -0.1) is 0 Å². The van der Waals surface area contributed by atoms with Gasteiger partial charge in [0, 0.05) is 18.9 Å². The van der Waals surface area contributed by atoms with Crippen LogP contribution in [0.25, 0.3) is 0 Å². The molecule has 0 amide bonds. The van der Waals surface area contributed by atoms with Crippen molar-refractivity contribution in [1.29, 1.82) is 0 Å². The maximum atomic E-state index is 12.0. The molecule has 2 rings (SSSR count). The molecule has 0 aliphatic carbocycles. The molecule has 3 N–H and O–H groups in total. The number of benzene rings is 1. The summed E-state index contributed by atoms with van der Waals surface area (Å²) in [6.07, 6.45) is 3.40. The Kier molecular flexibility index (Phi) is 5.95. The first-order valence-electron chi connectivity index (χ1n) is 9.14. The van der Waals surface area contributed by atoms with E-state index in [9.17, 15) is 15.0 Å². The van der Waals surface area contributed by atoms with Gasteiger partial charge in [0.15, 0.2) is 0 Å². The van der Waals surface area contributed by atoms with E-state index in [1.807, 2.05) is 53.7 Å². The lowest BCUT2D eigenvalue weighted by Crippen LogP contribution is -2.29. The lowest BCUT2D eigenvalue weighted by atomic mass is 9.77. The Morgan fingerprint density at radius 3 is 2.07 bits per heavy atom. The number of rotatable bonds is 5. The SMILES string of the molecule is CC(C)(C)c1cc(C(NCc2cccnc2)C(=O)O)cc(C(C)(C)C)c1O. The molecule has 146 valence electrons. The molecule has 0 saturated heterocycles. The fourth-order valence-corrected chi connectivity index (χ4v) is 3.04. The third kappa shape index (κ3) is 5.07. The van der Waals surface area contributed by atoms with Crippen LogP contribution in [0.2, 0.25) is 0 Å². The van der Waals surface area contributed by atoms with Crippen LogP contribution in [0.15, 0.2) is 36.7 Å². The number of nitrogens with one attached hydrogen (secondary N) is 1. The van der Waals surface area contributed by atoms with E-state index in [0.29, 0.717) is 12.1 Å². The minimum atomic E-state index is -0.954. The first kappa shape index (κ1) is 20.9. The van der Waals surface area contributed by atoms with Gasteiger partial charge in [0.05, 0.1) is 0 Å². The van der Waals surface area contributed by atoms with Crippen molar-refractivity contribution < 1.29 is 15.0 Å². The van der Waals surface area contributed by atoms with Crippen molar-refractivity contribution in [3.63, 3.8) is 0 Å². The molecule has 0 saturated carbocycles. The third-order valence-corrected chi connectivity index (χ3v) is 4.56. The molecule has 1 heterocycles. The van der Waals surface area contributed by atoms with Crippen molar-refractivity contribution in [1.82, 2.24) is 10.3 Å². The van der Waals surface area contributed by atoms with Gasteiger partial charge in [-0.3, -0.25) is 15.1 Å². The van der Waals surface area contributed by atoms with Crippen LogP contribution in [-0.4, -0.2) is 21.2 Å². The van der Waals surface area contributed by atoms with E-state index in [1.54, 1.807) is 24.5 Å². The smallest absolute Gasteiger partial charge is 0.325 e. The number of phenolic OH excluding ortho intramolecular Hbond substituents is 1. The van der Waals surface area contributed by atoms with Gasteiger partial charge in [-0.2, -0.15) is 0 Å². The molecule has 5 heteroatoms. The summed E-state index contributed by atoms with van der Waals surface area (Å²) in [5.41, 5.74) is 2.42. The van der Waals surface area contributed by atoms with E-state index in [1.165, 1.54) is 0 Å². The minimum Gasteiger partial charge on any atom is -0.507 e. The maximum Gasteiger partial charge on any atom is 0.325 e. The number of nitrogens with zero attached hydrogens (tertiary/aromatic N) is 1. The Hall–Kier alpha value is -2.40. The average molecular weight is 370 g/mol. The highest BCUT2D eigenvalue weighted by molar-refractivity contribution is 5.76. The molecule has 0 fully saturated rings. The van der Waals surface area contributed by atoms with Gasteiger partial charge in [0.1, 0.15) is 11.8 Å². The highest BCUT2D eigenvalue weighted by Crippen LogP contribution is 2.40. The van der Waals surface area contributed by atoms with E-state index in [-0.39, 0.29) is 16.6 Å². The number of pyridine rings is 1. The van der Waals surface area contributed by atoms with Crippen molar-refractivity contribution in [2.75, 3.05) is 0 Å². The molecule has 1 unspecified atom stereocenters. The van der Waals surface area contributed by atoms with Crippen LogP contribution >= 0.6 is 0 Å². The molecule has 0 radical (unpaired) electrons. The molecule has 0 bridgehead atoms. The summed E-state index contributed by atoms with van der Waals surface area (Å²) in [7, 11) is 0. The van der Waals surface area contributed by atoms with Crippen molar-refractivity contribution in [2.24, 2.45) is 0 Å². The molecular formula is C22H30N2O3. The molecule has 1 aromatic carbocycles. The largest absolute Gasteiger partial charge is 0.507 e. The van der Waals surface area contributed by atoms with E-state index in [0.717, 1.165) is 16.7 Å². The molecule has 5 nitrogen and oxygen atoms in total. The maximum absolute atomic E-state index is 12.0. The number of carboxylic acids is 1. The van der Waals surface area contributed by atoms with Crippen LogP contribution in [0, 0.1) is 0 Å². The second-order valence-corrected chi connectivity index (χ2v) is 8.98. The summed E-state index contributed by atoms with van der Waals surface area (Å²) in [5, 5.41) is 23.8. The molecule has 0 spiro atoms. The van der Waals surface area contributed by atoms with Crippen molar-refractivity contribution in [3.8, 4) is 5.75 Å². The predicted molar refractivity (Wildman–Crippen MR) is 107 cm³/mol. The van der Waals surface area contributed by atoms with Crippen LogP contribution in [0.1, 0.15) is 69.8 Å². The first-order valence-corrected chi connectivity index (χ1v) is 9.14. The van der Waals surface area contributed by atoms with Crippen LogP contribution in [-0.2, 0) is 22.2 Å². The zero-order chi connectivity index (χ0) is 20.4. The fraction of sp³-hybridized carbons (Fsp3) is 0.455. The number of carboxylic acid groups (broad SMARTS) is 1. The summed E-state index contributed by atoms with van der Waals surface area (Å²) in [6, 6.07) is 6.45. The van der Waals surface area contributed by atoms with Gasteiger partial charge in [-0.25, -0.2) is 0 Å². The van der Waals surface area contributed by atoms with Crippen LogP contribution < -0.4 is 5.32 Å². The van der Waals surface area contributed by atoms with Gasteiger partial charge in [-0.05, 0) is 51.3 Å². The van der Waals surface area contributed by atoms with Gasteiger partial charge in [0.25, 0.3) is 0 Å². The van der Waals surface area contributed by atoms with Gasteiger partial charge < -0.3 is 10.2 Å². The third-order valence-electron chi connectivity index (χ3n) is 4.56. The zero-order valence-electron chi connectivity index (χ0n) is 17.0. The number of phenols is 1. The Labute approximate surface area is 161 Å². The standard InChI is InChI=1S/C22H30N2O3/c1-21(2,3)16-10-15(11-17(19(16)25)22(4,5)6)18(20(26)27)24-13-14-8-7-9-23-12-14/h7-12,18,24-25H,13H2,1-6H3,(H,26,27). The minimum absolute atomic E-state index is 0.246. The van der Waals surface area contributed by atoms with Gasteiger partial charge >= 0.3 is 5.97 Å². The summed E-state index contributed by atoms with van der Waals surface area (Å²) in [5.74, 6) is -0.709. The molecule has 1 aromatic heterocycles. The number of carbonyl (C=O) groups is 1. The monoisotopic (exact) mass is 370 g/mol. The normalized spacial score (nSPS) is 13.4.